The van der Waals surface area contributed by atoms with Gasteiger partial charge in [-0.3, -0.25) is 0 Å². The van der Waals surface area contributed by atoms with Gasteiger partial charge in [0.1, 0.15) is 5.75 Å². The Labute approximate surface area is 160 Å². The smallest absolute Gasteiger partial charge is 0.237 e. The second-order valence-electron chi connectivity index (χ2n) is 5.73. The minimum Gasteiger partial charge on any atom is -0.496 e. The summed E-state index contributed by atoms with van der Waals surface area (Å²) >= 11 is 1.49. The van der Waals surface area contributed by atoms with Crippen LogP contribution in [0.25, 0.3) is 22.8 Å². The first-order valence-corrected chi connectivity index (χ1v) is 9.28. The van der Waals surface area contributed by atoms with E-state index in [4.69, 9.17) is 9.26 Å². The van der Waals surface area contributed by atoms with Crippen LogP contribution in [0.5, 0.6) is 5.75 Å². The zero-order valence-corrected chi connectivity index (χ0v) is 15.7. The molecule has 2 aromatic carbocycles. The fourth-order valence-corrected chi connectivity index (χ4v) is 3.40. The van der Waals surface area contributed by atoms with E-state index in [0.29, 0.717) is 17.5 Å². The molecule has 0 spiro atoms. The molecule has 0 aliphatic heterocycles. The van der Waals surface area contributed by atoms with E-state index in [0.717, 1.165) is 27.9 Å². The Hall–Kier alpha value is -3.13. The fraction of sp³-hybridized carbons (Fsp3) is 0.158. The summed E-state index contributed by atoms with van der Waals surface area (Å²) in [6, 6.07) is 17.5. The lowest BCUT2D eigenvalue weighted by Crippen LogP contribution is -1.97. The van der Waals surface area contributed by atoms with Crippen LogP contribution in [0.4, 0.5) is 0 Å². The maximum Gasteiger partial charge on any atom is 0.237 e. The quantitative estimate of drug-likeness (QED) is 0.471. The van der Waals surface area contributed by atoms with E-state index < -0.39 is 0 Å². The molecule has 136 valence electrons. The van der Waals surface area contributed by atoms with Gasteiger partial charge < -0.3 is 13.8 Å². The largest absolute Gasteiger partial charge is 0.496 e. The van der Waals surface area contributed by atoms with Crippen molar-refractivity contribution in [2.45, 2.75) is 10.9 Å². The number of methoxy groups -OCH3 is 1. The Kier molecular flexibility index (Phi) is 4.88. The van der Waals surface area contributed by atoms with Crippen LogP contribution < -0.4 is 4.74 Å². The lowest BCUT2D eigenvalue weighted by molar-refractivity contribution is 0.391. The minimum atomic E-state index is 0.512. The molecule has 0 saturated carbocycles. The highest BCUT2D eigenvalue weighted by atomic mass is 32.2. The number of hydrogen-bond donors (Lipinski definition) is 0. The first kappa shape index (κ1) is 17.3. The average molecular weight is 379 g/mol. The second-order valence-corrected chi connectivity index (χ2v) is 6.67. The SMILES string of the molecule is COc1ccccc1-c1nnc(SCc2nc(-c3ccccc3)no2)n1C. The summed E-state index contributed by atoms with van der Waals surface area (Å²) in [5, 5.41) is 13.4. The molecular weight excluding hydrogens is 362 g/mol. The zero-order chi connectivity index (χ0) is 18.6. The highest BCUT2D eigenvalue weighted by Gasteiger charge is 2.16. The van der Waals surface area contributed by atoms with Crippen molar-refractivity contribution in [3.05, 3.63) is 60.5 Å². The van der Waals surface area contributed by atoms with Crippen LogP contribution in [0.1, 0.15) is 5.89 Å². The van der Waals surface area contributed by atoms with Crippen LogP contribution in [0.2, 0.25) is 0 Å². The number of nitrogens with zero attached hydrogens (tertiary/aromatic N) is 5. The molecule has 0 bridgehead atoms. The summed E-state index contributed by atoms with van der Waals surface area (Å²) in [4.78, 5) is 4.44. The van der Waals surface area contributed by atoms with Crippen molar-refractivity contribution in [2.24, 2.45) is 7.05 Å². The van der Waals surface area contributed by atoms with Crippen LogP contribution in [0.15, 0.2) is 64.3 Å². The number of benzene rings is 2. The average Bonchev–Trinajstić information content (AvgIpc) is 3.34. The molecule has 4 rings (SSSR count). The van der Waals surface area contributed by atoms with E-state index in [9.17, 15) is 0 Å². The molecule has 0 radical (unpaired) electrons. The topological polar surface area (TPSA) is 78.9 Å². The number of rotatable bonds is 6. The van der Waals surface area contributed by atoms with Crippen LogP contribution >= 0.6 is 11.8 Å². The van der Waals surface area contributed by atoms with Crippen molar-refractivity contribution in [1.82, 2.24) is 24.9 Å². The van der Waals surface area contributed by atoms with Crippen LogP contribution in [0, 0.1) is 0 Å². The molecule has 4 aromatic rings. The molecule has 0 aliphatic carbocycles. The third kappa shape index (κ3) is 3.56. The number of hydrogen-bond acceptors (Lipinski definition) is 7. The van der Waals surface area contributed by atoms with Gasteiger partial charge in [-0.15, -0.1) is 10.2 Å². The molecular formula is C19H17N5O2S. The summed E-state index contributed by atoms with van der Waals surface area (Å²) in [5.74, 6) is 3.14. The Morgan fingerprint density at radius 3 is 2.63 bits per heavy atom. The Morgan fingerprint density at radius 2 is 1.81 bits per heavy atom. The van der Waals surface area contributed by atoms with E-state index >= 15 is 0 Å². The molecule has 0 aliphatic rings. The minimum absolute atomic E-state index is 0.512. The predicted octanol–water partition coefficient (Wildman–Crippen LogP) is 3.83. The Morgan fingerprint density at radius 1 is 1.04 bits per heavy atom. The highest BCUT2D eigenvalue weighted by molar-refractivity contribution is 7.98. The summed E-state index contributed by atoms with van der Waals surface area (Å²) in [7, 11) is 3.57. The third-order valence-electron chi connectivity index (χ3n) is 4.01. The first-order valence-electron chi connectivity index (χ1n) is 8.30. The molecule has 0 atom stereocenters. The van der Waals surface area contributed by atoms with Gasteiger partial charge in [0, 0.05) is 12.6 Å². The van der Waals surface area contributed by atoms with Gasteiger partial charge in [0.25, 0.3) is 0 Å². The number of thioether (sulfide) groups is 1. The molecule has 0 N–H and O–H groups in total. The second kappa shape index (κ2) is 7.63. The first-order chi connectivity index (χ1) is 13.3. The summed E-state index contributed by atoms with van der Waals surface area (Å²) in [5.41, 5.74) is 1.82. The Balaban J connectivity index is 1.50. The standard InChI is InChI=1S/C19H17N5O2S/c1-24-18(14-10-6-7-11-15(14)25-2)21-22-19(24)27-12-16-20-17(23-26-16)13-8-4-3-5-9-13/h3-11H,12H2,1-2H3. The van der Waals surface area contributed by atoms with Gasteiger partial charge >= 0.3 is 0 Å². The van der Waals surface area contributed by atoms with E-state index in [1.54, 1.807) is 7.11 Å². The van der Waals surface area contributed by atoms with E-state index in [1.165, 1.54) is 11.8 Å². The van der Waals surface area contributed by atoms with Crippen molar-refractivity contribution >= 4 is 11.8 Å². The van der Waals surface area contributed by atoms with Crippen LogP contribution in [-0.4, -0.2) is 32.0 Å². The number of ether oxygens (including phenoxy) is 1. The molecule has 0 saturated heterocycles. The lowest BCUT2D eigenvalue weighted by Gasteiger charge is -2.07. The number of para-hydroxylation sites is 1. The van der Waals surface area contributed by atoms with Crippen LogP contribution in [0.3, 0.4) is 0 Å². The molecule has 0 amide bonds. The van der Waals surface area contributed by atoms with E-state index in [-0.39, 0.29) is 0 Å². The fourth-order valence-electron chi connectivity index (χ4n) is 2.65. The molecule has 0 fully saturated rings. The van der Waals surface area contributed by atoms with Gasteiger partial charge in [0.2, 0.25) is 11.7 Å². The zero-order valence-electron chi connectivity index (χ0n) is 14.9. The van der Waals surface area contributed by atoms with Gasteiger partial charge in [0.05, 0.1) is 18.4 Å². The molecule has 0 unspecified atom stereocenters. The summed E-state index contributed by atoms with van der Waals surface area (Å²) in [6.45, 7) is 0. The lowest BCUT2D eigenvalue weighted by atomic mass is 10.2. The van der Waals surface area contributed by atoms with Gasteiger partial charge in [-0.25, -0.2) is 0 Å². The van der Waals surface area contributed by atoms with Crippen molar-refractivity contribution in [1.29, 1.82) is 0 Å². The maximum absolute atomic E-state index is 5.42. The van der Waals surface area contributed by atoms with E-state index in [2.05, 4.69) is 20.3 Å². The van der Waals surface area contributed by atoms with Crippen molar-refractivity contribution < 1.29 is 9.26 Å². The highest BCUT2D eigenvalue weighted by Crippen LogP contribution is 2.30. The summed E-state index contributed by atoms with van der Waals surface area (Å²) in [6.07, 6.45) is 0. The molecule has 27 heavy (non-hydrogen) atoms. The van der Waals surface area contributed by atoms with Gasteiger partial charge in [-0.05, 0) is 12.1 Å². The third-order valence-corrected chi connectivity index (χ3v) is 5.01. The molecule has 8 heteroatoms. The monoisotopic (exact) mass is 379 g/mol. The Bertz CT molecular complexity index is 1050. The number of aromatic nitrogens is 5. The van der Waals surface area contributed by atoms with Crippen molar-refractivity contribution in [3.8, 4) is 28.5 Å². The van der Waals surface area contributed by atoms with Gasteiger partial charge in [-0.1, -0.05) is 59.4 Å². The maximum atomic E-state index is 5.42. The normalized spacial score (nSPS) is 10.9. The van der Waals surface area contributed by atoms with Crippen LogP contribution in [-0.2, 0) is 12.8 Å². The van der Waals surface area contributed by atoms with E-state index in [1.807, 2.05) is 66.2 Å². The van der Waals surface area contributed by atoms with Gasteiger partial charge in [-0.2, -0.15) is 4.98 Å². The summed E-state index contributed by atoms with van der Waals surface area (Å²) < 4.78 is 12.7. The van der Waals surface area contributed by atoms with Gasteiger partial charge in [0.15, 0.2) is 11.0 Å². The van der Waals surface area contributed by atoms with Crippen molar-refractivity contribution in [3.63, 3.8) is 0 Å². The van der Waals surface area contributed by atoms with Crippen molar-refractivity contribution in [2.75, 3.05) is 7.11 Å². The molecule has 7 nitrogen and oxygen atoms in total. The predicted molar refractivity (Wildman–Crippen MR) is 102 cm³/mol. The molecule has 2 heterocycles. The molecule has 2 aromatic heterocycles.